The predicted octanol–water partition coefficient (Wildman–Crippen LogP) is 5.47. The number of esters is 1. The van der Waals surface area contributed by atoms with Crippen LogP contribution in [0.15, 0.2) is 54.7 Å². The Morgan fingerprint density at radius 2 is 1.36 bits per heavy atom. The Kier molecular flexibility index (Phi) is 19.2. The predicted molar refractivity (Wildman–Crippen MR) is 292 cm³/mol. The number of benzene rings is 2. The van der Waals surface area contributed by atoms with Crippen molar-refractivity contribution in [2.75, 3.05) is 51.6 Å². The van der Waals surface area contributed by atoms with Gasteiger partial charge in [0.15, 0.2) is 5.82 Å². The van der Waals surface area contributed by atoms with E-state index in [4.69, 9.17) is 59.9 Å². The van der Waals surface area contributed by atoms with E-state index in [0.717, 1.165) is 5.69 Å². The molecule has 4 amide bonds. The Balaban J connectivity index is 1.22. The molecule has 0 saturated heterocycles. The average Bonchev–Trinajstić information content (AvgIpc) is 4.39. The number of carbonyl (C=O) groups excluding carboxylic acids is 5. The summed E-state index contributed by atoms with van der Waals surface area (Å²) in [5.74, 6) is -2.56. The quantitative estimate of drug-likeness (QED) is 0.0231. The van der Waals surface area contributed by atoms with Gasteiger partial charge >= 0.3 is 18.0 Å². The van der Waals surface area contributed by atoms with Gasteiger partial charge in [-0.3, -0.25) is 38.7 Å². The highest BCUT2D eigenvalue weighted by molar-refractivity contribution is 6.12. The first-order valence-corrected chi connectivity index (χ1v) is 26.0. The van der Waals surface area contributed by atoms with Crippen LogP contribution in [-0.2, 0) is 54.7 Å². The third-order valence-electron chi connectivity index (χ3n) is 12.1. The summed E-state index contributed by atoms with van der Waals surface area (Å²) in [6.45, 7) is 16.0. The van der Waals surface area contributed by atoms with Crippen molar-refractivity contribution >= 4 is 74.7 Å². The molecule has 0 spiro atoms. The van der Waals surface area contributed by atoms with Crippen LogP contribution in [0.2, 0.25) is 0 Å². The lowest BCUT2D eigenvalue weighted by Crippen LogP contribution is -2.38. The number of hydrogen-bond acceptors (Lipinski definition) is 17. The molecule has 0 bridgehead atoms. The number of primary amides is 2. The molecule has 0 aliphatic rings. The van der Waals surface area contributed by atoms with Gasteiger partial charge in [0.05, 0.1) is 68.5 Å². The number of carboxylic acids is 1. The molecule has 1 unspecified atom stereocenters. The number of imidazole rings is 1. The van der Waals surface area contributed by atoms with Gasteiger partial charge in [-0.1, -0.05) is 12.2 Å². The number of carboxylic acid groups (broad SMARTS) is 1. The molecule has 5 heterocycles. The molecule has 2 aromatic carbocycles. The van der Waals surface area contributed by atoms with Crippen LogP contribution in [0.5, 0.6) is 11.5 Å². The zero-order chi connectivity index (χ0) is 57.8. The number of nitrogens with zero attached hydrogens (tertiary/aromatic N) is 9. The van der Waals surface area contributed by atoms with Crippen LogP contribution in [0.4, 0.5) is 10.7 Å². The molecule has 5 aromatic heterocycles. The number of alkyl carbamates (subject to hydrolysis) is 1. The molecule has 7 N–H and O–H groups in total. The highest BCUT2D eigenvalue weighted by Crippen LogP contribution is 2.37. The van der Waals surface area contributed by atoms with E-state index in [0.29, 0.717) is 63.5 Å². The van der Waals surface area contributed by atoms with Gasteiger partial charge in [0.1, 0.15) is 52.3 Å². The molecular formula is C54H67N13O13. The van der Waals surface area contributed by atoms with Gasteiger partial charge in [0.25, 0.3) is 5.91 Å². The van der Waals surface area contributed by atoms with Gasteiger partial charge in [-0.25, -0.2) is 19.7 Å². The third-order valence-corrected chi connectivity index (χ3v) is 12.1. The van der Waals surface area contributed by atoms with Crippen molar-refractivity contribution in [3.63, 3.8) is 0 Å². The normalized spacial score (nSPS) is 12.1. The number of ether oxygens (including phenoxy) is 6. The number of fused-ring (bicyclic) bond motifs is 4. The van der Waals surface area contributed by atoms with Crippen LogP contribution in [0.1, 0.15) is 97.0 Å². The van der Waals surface area contributed by atoms with Gasteiger partial charge in [-0.2, -0.15) is 10.2 Å². The molecule has 26 heteroatoms. The summed E-state index contributed by atoms with van der Waals surface area (Å²) in [7, 11) is 0. The van der Waals surface area contributed by atoms with Crippen LogP contribution in [0.25, 0.3) is 44.5 Å². The van der Waals surface area contributed by atoms with Crippen molar-refractivity contribution in [2.45, 2.75) is 106 Å². The summed E-state index contributed by atoms with van der Waals surface area (Å²) in [6.07, 6.45) is 4.74. The molecule has 426 valence electrons. The van der Waals surface area contributed by atoms with E-state index in [2.05, 4.69) is 20.8 Å². The van der Waals surface area contributed by atoms with E-state index in [9.17, 15) is 28.8 Å². The Hall–Kier alpha value is -8.91. The van der Waals surface area contributed by atoms with Crippen molar-refractivity contribution in [3.8, 4) is 23.0 Å². The zero-order valence-electron chi connectivity index (χ0n) is 46.0. The number of aryl methyl sites for hydroxylation is 4. The topological polar surface area (TPSA) is 338 Å². The van der Waals surface area contributed by atoms with Crippen molar-refractivity contribution in [3.05, 3.63) is 83.0 Å². The Bertz CT molecular complexity index is 3460. The number of rotatable bonds is 28. The Labute approximate surface area is 459 Å². The van der Waals surface area contributed by atoms with Gasteiger partial charge < -0.3 is 59.4 Å². The molecule has 0 aliphatic heterocycles. The Morgan fingerprint density at radius 1 is 0.738 bits per heavy atom. The van der Waals surface area contributed by atoms with E-state index in [-0.39, 0.29) is 112 Å². The van der Waals surface area contributed by atoms with Crippen molar-refractivity contribution in [1.82, 2.24) is 49.0 Å². The average molecular weight is 1110 g/mol. The number of nitrogens with one attached hydrogen (secondary N) is 2. The number of amides is 4. The second-order valence-electron chi connectivity index (χ2n) is 19.4. The van der Waals surface area contributed by atoms with E-state index in [1.807, 2.05) is 43.6 Å². The minimum absolute atomic E-state index is 0.0349. The largest absolute Gasteiger partial charge is 0.491 e. The minimum Gasteiger partial charge on any atom is -0.491 e. The molecule has 7 rings (SSSR count). The van der Waals surface area contributed by atoms with Crippen molar-refractivity contribution in [1.29, 1.82) is 0 Å². The van der Waals surface area contributed by atoms with E-state index < -0.39 is 41.4 Å². The monoisotopic (exact) mass is 1110 g/mol. The number of hydrogen-bond donors (Lipinski definition) is 5. The first kappa shape index (κ1) is 58.8. The molecule has 80 heavy (non-hydrogen) atoms. The number of anilines is 1. The highest BCUT2D eigenvalue weighted by atomic mass is 16.6. The van der Waals surface area contributed by atoms with Crippen LogP contribution in [0, 0.1) is 13.8 Å². The molecule has 1 atom stereocenters. The molecule has 0 fully saturated rings. The number of aromatic nitrogens is 9. The highest BCUT2D eigenvalue weighted by Gasteiger charge is 2.25. The summed E-state index contributed by atoms with van der Waals surface area (Å²) in [4.78, 5) is 89.6. The standard InChI is InChI=1S/C54H67N13O13/c1-9-66-39(24-31(3)62-66)48-57-30-37-36-26-34(46(55)69)28-41(78-23-22-76-21-20-75-19-14-43(68)80-54(6,7)8)44(36)64(49(37)60-48)15-11-12-16-65-45-38(59-52(65)61-50(71)40-25-32(4)63-67(40)10-2)27-35(47(56)70)29-42(45)77-17-13-18-79-53(74)58-33(5)51(72)73/h11-12,24-30,33H,9-10,13-23H2,1-8H3,(H2,55,69)(H2,56,70)(H,58,74)(H,72,73)(H,59,61,71). The van der Waals surface area contributed by atoms with Crippen LogP contribution >= 0.6 is 0 Å². The Morgan fingerprint density at radius 3 is 2.04 bits per heavy atom. The first-order chi connectivity index (χ1) is 38.2. The fourth-order valence-electron chi connectivity index (χ4n) is 8.50. The smallest absolute Gasteiger partial charge is 0.407 e. The summed E-state index contributed by atoms with van der Waals surface area (Å²) in [5, 5.41) is 24.5. The maximum absolute atomic E-state index is 14.0. The number of carbonyl (C=O) groups is 6. The SMILES string of the molecule is CCn1nc(C)cc1C(=O)Nc1nc2cc(C(N)=O)cc(OCCCOC(=O)NC(C)C(=O)O)c2n1CC=CCn1c2nc(-c3cc(C)nn3CC)ncc2c2cc(C(N)=O)cc(OCCOCCOCCC(=O)OC(C)(C)C)c21. The number of aliphatic carboxylic acids is 1. The summed E-state index contributed by atoms with van der Waals surface area (Å²) in [5.41, 5.74) is 15.4. The van der Waals surface area contributed by atoms with E-state index in [1.54, 1.807) is 66.0 Å². The van der Waals surface area contributed by atoms with E-state index in [1.165, 1.54) is 19.1 Å². The van der Waals surface area contributed by atoms with Crippen LogP contribution < -0.4 is 31.6 Å². The maximum atomic E-state index is 14.0. The fraction of sp³-hybridized carbons (Fsp3) is 0.426. The summed E-state index contributed by atoms with van der Waals surface area (Å²) >= 11 is 0. The van der Waals surface area contributed by atoms with E-state index >= 15 is 0 Å². The van der Waals surface area contributed by atoms with Crippen molar-refractivity contribution in [2.24, 2.45) is 11.5 Å². The molecule has 0 radical (unpaired) electrons. The minimum atomic E-state index is -1.23. The lowest BCUT2D eigenvalue weighted by atomic mass is 10.1. The van der Waals surface area contributed by atoms with Gasteiger partial charge in [-0.15, -0.1) is 0 Å². The molecule has 26 nitrogen and oxygen atoms in total. The fourth-order valence-corrected chi connectivity index (χ4v) is 8.50. The van der Waals surface area contributed by atoms with Gasteiger partial charge in [-0.05, 0) is 91.8 Å². The summed E-state index contributed by atoms with van der Waals surface area (Å²) in [6, 6.07) is 8.55. The van der Waals surface area contributed by atoms with Crippen LogP contribution in [-0.4, -0.2) is 142 Å². The lowest BCUT2D eigenvalue weighted by Gasteiger charge is -2.19. The van der Waals surface area contributed by atoms with Crippen molar-refractivity contribution < 1.29 is 62.3 Å². The third kappa shape index (κ3) is 14.6. The molecular weight excluding hydrogens is 1040 g/mol. The zero-order valence-corrected chi connectivity index (χ0v) is 46.0. The number of nitrogens with two attached hydrogens (primary N) is 2. The molecule has 0 saturated carbocycles. The first-order valence-electron chi connectivity index (χ1n) is 26.0. The second-order valence-corrected chi connectivity index (χ2v) is 19.4. The lowest BCUT2D eigenvalue weighted by molar-refractivity contribution is -0.156. The number of allylic oxidation sites excluding steroid dienone is 2. The van der Waals surface area contributed by atoms with Crippen LogP contribution in [0.3, 0.4) is 0 Å². The second kappa shape index (κ2) is 26.2. The van der Waals surface area contributed by atoms with Gasteiger partial charge in [0.2, 0.25) is 17.8 Å². The molecule has 0 aliphatic carbocycles. The van der Waals surface area contributed by atoms with Gasteiger partial charge in [0, 0.05) is 60.7 Å². The maximum Gasteiger partial charge on any atom is 0.407 e. The summed E-state index contributed by atoms with van der Waals surface area (Å²) < 4.78 is 41.4. The molecule has 7 aromatic rings.